The molecule has 1 aliphatic heterocycles. The number of nitrogens with two attached hydrogens (primary N) is 1. The lowest BCUT2D eigenvalue weighted by atomic mass is 9.94. The summed E-state index contributed by atoms with van der Waals surface area (Å²) in [5.41, 5.74) is 9.13. The van der Waals surface area contributed by atoms with Gasteiger partial charge in [0.2, 0.25) is 0 Å². The van der Waals surface area contributed by atoms with Crippen LogP contribution in [0.25, 0.3) is 11.0 Å². The molecule has 0 bridgehead atoms. The van der Waals surface area contributed by atoms with Crippen molar-refractivity contribution in [1.82, 2.24) is 19.9 Å². The van der Waals surface area contributed by atoms with E-state index < -0.39 is 0 Å². The standard InChI is InChI=1S/C19H23ClN6/c1-12-9-26(7-6-16(12)21)10-13-8-22-18-17(13)19(24-11-23-18)25-15-4-2-14(20)3-5-15/h2-5,8,11-12,16H,6-7,9-10,21H2,1H3,(H2,22,23,24,25)/t12-,16-/m1/s1. The second kappa shape index (κ2) is 7.23. The van der Waals surface area contributed by atoms with Crippen LogP contribution in [-0.2, 0) is 6.54 Å². The van der Waals surface area contributed by atoms with Gasteiger partial charge in [-0.15, -0.1) is 0 Å². The van der Waals surface area contributed by atoms with Crippen molar-refractivity contribution in [2.24, 2.45) is 11.7 Å². The maximum Gasteiger partial charge on any atom is 0.143 e. The van der Waals surface area contributed by atoms with Crippen LogP contribution in [0.2, 0.25) is 5.02 Å². The molecule has 0 amide bonds. The van der Waals surface area contributed by atoms with Crippen molar-refractivity contribution < 1.29 is 0 Å². The van der Waals surface area contributed by atoms with Crippen LogP contribution in [0.4, 0.5) is 11.5 Å². The molecule has 1 saturated heterocycles. The molecule has 7 heteroatoms. The van der Waals surface area contributed by atoms with Crippen molar-refractivity contribution in [2.75, 3.05) is 18.4 Å². The van der Waals surface area contributed by atoms with Crippen molar-refractivity contribution in [3.63, 3.8) is 0 Å². The van der Waals surface area contributed by atoms with Gasteiger partial charge in [0, 0.05) is 36.0 Å². The lowest BCUT2D eigenvalue weighted by molar-refractivity contribution is 0.158. The number of halogens is 1. The molecule has 0 unspecified atom stereocenters. The first-order valence-electron chi connectivity index (χ1n) is 8.91. The minimum Gasteiger partial charge on any atom is -0.346 e. The van der Waals surface area contributed by atoms with E-state index in [1.165, 1.54) is 5.56 Å². The predicted octanol–water partition coefficient (Wildman–Crippen LogP) is 3.52. The van der Waals surface area contributed by atoms with E-state index in [1.54, 1.807) is 6.33 Å². The molecule has 6 nitrogen and oxygen atoms in total. The van der Waals surface area contributed by atoms with Crippen LogP contribution in [0.15, 0.2) is 36.8 Å². The maximum absolute atomic E-state index is 6.15. The van der Waals surface area contributed by atoms with E-state index in [0.29, 0.717) is 17.0 Å². The molecule has 0 radical (unpaired) electrons. The summed E-state index contributed by atoms with van der Waals surface area (Å²) in [7, 11) is 0. The molecule has 3 aromatic rings. The highest BCUT2D eigenvalue weighted by molar-refractivity contribution is 6.30. The van der Waals surface area contributed by atoms with Crippen LogP contribution >= 0.6 is 11.6 Å². The molecule has 2 aromatic heterocycles. The largest absolute Gasteiger partial charge is 0.346 e. The lowest BCUT2D eigenvalue weighted by Crippen LogP contribution is -2.45. The zero-order chi connectivity index (χ0) is 18.1. The Bertz CT molecular complexity index is 891. The fourth-order valence-electron chi connectivity index (χ4n) is 3.55. The summed E-state index contributed by atoms with van der Waals surface area (Å²) in [5.74, 6) is 1.31. The first-order valence-corrected chi connectivity index (χ1v) is 9.29. The van der Waals surface area contributed by atoms with Crippen LogP contribution in [0.3, 0.4) is 0 Å². The number of likely N-dealkylation sites (tertiary alicyclic amines) is 1. The Balaban J connectivity index is 1.61. The monoisotopic (exact) mass is 370 g/mol. The van der Waals surface area contributed by atoms with Gasteiger partial charge in [-0.05, 0) is 48.7 Å². The van der Waals surface area contributed by atoms with E-state index in [9.17, 15) is 0 Å². The van der Waals surface area contributed by atoms with Gasteiger partial charge in [0.05, 0.1) is 5.39 Å². The number of aromatic amines is 1. The molecular formula is C19H23ClN6. The number of hydrogen-bond donors (Lipinski definition) is 3. The van der Waals surface area contributed by atoms with E-state index in [1.807, 2.05) is 30.5 Å². The number of piperidine rings is 1. The third kappa shape index (κ3) is 3.53. The molecule has 0 aliphatic carbocycles. The number of H-pyrrole nitrogens is 1. The smallest absolute Gasteiger partial charge is 0.143 e. The van der Waals surface area contributed by atoms with Crippen molar-refractivity contribution in [1.29, 1.82) is 0 Å². The van der Waals surface area contributed by atoms with Crippen molar-refractivity contribution >= 4 is 34.1 Å². The van der Waals surface area contributed by atoms with Crippen LogP contribution in [0, 0.1) is 5.92 Å². The Morgan fingerprint density at radius 2 is 2.12 bits per heavy atom. The van der Waals surface area contributed by atoms with Crippen molar-refractivity contribution in [2.45, 2.75) is 25.9 Å². The Hall–Kier alpha value is -2.15. The molecule has 136 valence electrons. The lowest BCUT2D eigenvalue weighted by Gasteiger charge is -2.34. The quantitative estimate of drug-likeness (QED) is 0.654. The molecule has 4 N–H and O–H groups in total. The second-order valence-electron chi connectivity index (χ2n) is 7.06. The summed E-state index contributed by atoms with van der Waals surface area (Å²) in [6.07, 6.45) is 4.64. The van der Waals surface area contributed by atoms with Gasteiger partial charge in [-0.25, -0.2) is 9.97 Å². The molecule has 0 spiro atoms. The molecule has 26 heavy (non-hydrogen) atoms. The number of fused-ring (bicyclic) bond motifs is 1. The number of anilines is 2. The molecule has 0 saturated carbocycles. The molecule has 1 aromatic carbocycles. The molecule has 3 heterocycles. The Kier molecular flexibility index (Phi) is 4.80. The van der Waals surface area contributed by atoms with Gasteiger partial charge < -0.3 is 16.0 Å². The zero-order valence-corrected chi connectivity index (χ0v) is 15.5. The van der Waals surface area contributed by atoms with Crippen molar-refractivity contribution in [3.05, 3.63) is 47.4 Å². The van der Waals surface area contributed by atoms with Crippen LogP contribution in [0.1, 0.15) is 18.9 Å². The number of nitrogens with zero attached hydrogens (tertiary/aromatic N) is 3. The normalized spacial score (nSPS) is 21.2. The Morgan fingerprint density at radius 1 is 1.31 bits per heavy atom. The fourth-order valence-corrected chi connectivity index (χ4v) is 3.68. The van der Waals surface area contributed by atoms with Crippen LogP contribution in [-0.4, -0.2) is 39.0 Å². The molecule has 2 atom stereocenters. The van der Waals surface area contributed by atoms with E-state index in [4.69, 9.17) is 17.3 Å². The topological polar surface area (TPSA) is 82.9 Å². The number of nitrogens with one attached hydrogen (secondary N) is 2. The van der Waals surface area contributed by atoms with Crippen LogP contribution < -0.4 is 11.1 Å². The van der Waals surface area contributed by atoms with Gasteiger partial charge in [0.25, 0.3) is 0 Å². The highest BCUT2D eigenvalue weighted by atomic mass is 35.5. The Morgan fingerprint density at radius 3 is 2.88 bits per heavy atom. The fraction of sp³-hybridized carbons (Fsp3) is 0.368. The maximum atomic E-state index is 6.15. The average Bonchev–Trinajstić information content (AvgIpc) is 3.04. The van der Waals surface area contributed by atoms with Gasteiger partial charge in [-0.1, -0.05) is 18.5 Å². The summed E-state index contributed by atoms with van der Waals surface area (Å²) in [6, 6.07) is 7.91. The average molecular weight is 371 g/mol. The summed E-state index contributed by atoms with van der Waals surface area (Å²) < 4.78 is 0. The number of hydrogen-bond acceptors (Lipinski definition) is 5. The first-order chi connectivity index (χ1) is 12.6. The SMILES string of the molecule is C[C@@H]1CN(Cc2c[nH]c3ncnc(Nc4ccc(Cl)cc4)c23)CC[C@H]1N. The zero-order valence-electron chi connectivity index (χ0n) is 14.7. The van der Waals surface area contributed by atoms with E-state index in [0.717, 1.165) is 48.6 Å². The van der Waals surface area contributed by atoms with Gasteiger partial charge in [-0.2, -0.15) is 0 Å². The molecule has 1 aliphatic rings. The minimum atomic E-state index is 0.305. The van der Waals surface area contributed by atoms with Gasteiger partial charge in [0.15, 0.2) is 0 Å². The third-order valence-corrected chi connectivity index (χ3v) is 5.36. The molecular weight excluding hydrogens is 348 g/mol. The summed E-state index contributed by atoms with van der Waals surface area (Å²) in [6.45, 7) is 5.12. The minimum absolute atomic E-state index is 0.305. The predicted molar refractivity (Wildman–Crippen MR) is 106 cm³/mol. The van der Waals surface area contributed by atoms with Gasteiger partial charge in [0.1, 0.15) is 17.8 Å². The summed E-state index contributed by atoms with van der Waals surface area (Å²) in [4.78, 5) is 14.6. The third-order valence-electron chi connectivity index (χ3n) is 5.11. The first kappa shape index (κ1) is 17.3. The number of benzene rings is 1. The summed E-state index contributed by atoms with van der Waals surface area (Å²) in [5, 5.41) is 5.13. The second-order valence-corrected chi connectivity index (χ2v) is 7.49. The van der Waals surface area contributed by atoms with Gasteiger partial charge in [-0.3, -0.25) is 4.90 Å². The van der Waals surface area contributed by atoms with Crippen molar-refractivity contribution in [3.8, 4) is 0 Å². The van der Waals surface area contributed by atoms with E-state index >= 15 is 0 Å². The number of aromatic nitrogens is 3. The van der Waals surface area contributed by atoms with Gasteiger partial charge >= 0.3 is 0 Å². The number of rotatable bonds is 4. The Labute approximate surface area is 157 Å². The summed E-state index contributed by atoms with van der Waals surface area (Å²) >= 11 is 5.98. The van der Waals surface area contributed by atoms with E-state index in [2.05, 4.69) is 32.1 Å². The van der Waals surface area contributed by atoms with Crippen LogP contribution in [0.5, 0.6) is 0 Å². The van der Waals surface area contributed by atoms with E-state index in [-0.39, 0.29) is 0 Å². The molecule has 1 fully saturated rings. The molecule has 4 rings (SSSR count). The highest BCUT2D eigenvalue weighted by Crippen LogP contribution is 2.28. The highest BCUT2D eigenvalue weighted by Gasteiger charge is 2.24.